The number of ether oxygens (including phenoxy) is 1. The van der Waals surface area contributed by atoms with E-state index in [1.165, 1.54) is 5.56 Å². The van der Waals surface area contributed by atoms with Crippen LogP contribution < -0.4 is 0 Å². The van der Waals surface area contributed by atoms with E-state index in [1.54, 1.807) is 0 Å². The van der Waals surface area contributed by atoms with Gasteiger partial charge in [0.1, 0.15) is 6.10 Å². The quantitative estimate of drug-likeness (QED) is 0.683. The molecule has 2 nitrogen and oxygen atoms in total. The van der Waals surface area contributed by atoms with Crippen molar-refractivity contribution < 1.29 is 9.53 Å². The lowest BCUT2D eigenvalue weighted by Crippen LogP contribution is -2.43. The first kappa shape index (κ1) is 9.25. The van der Waals surface area contributed by atoms with Crippen LogP contribution in [0.2, 0.25) is 0 Å². The van der Waals surface area contributed by atoms with Crippen molar-refractivity contribution in [3.05, 3.63) is 35.9 Å². The van der Waals surface area contributed by atoms with E-state index >= 15 is 0 Å². The van der Waals surface area contributed by atoms with E-state index in [1.807, 2.05) is 25.1 Å². The van der Waals surface area contributed by atoms with Gasteiger partial charge in [0.15, 0.2) is 0 Å². The minimum Gasteiger partial charge on any atom is -0.461 e. The third-order valence-electron chi connectivity index (χ3n) is 2.76. The Morgan fingerprint density at radius 3 is 2.57 bits per heavy atom. The summed E-state index contributed by atoms with van der Waals surface area (Å²) in [7, 11) is 0. The van der Waals surface area contributed by atoms with Gasteiger partial charge in [0.25, 0.3) is 0 Å². The molecule has 1 fully saturated rings. The lowest BCUT2D eigenvalue weighted by Gasteiger charge is -2.32. The third-order valence-corrected chi connectivity index (χ3v) is 2.76. The molecule has 1 saturated heterocycles. The van der Waals surface area contributed by atoms with E-state index < -0.39 is 0 Å². The number of hydrogen-bond donors (Lipinski definition) is 0. The second-order valence-electron chi connectivity index (χ2n) is 3.79. The molecule has 1 aromatic carbocycles. The summed E-state index contributed by atoms with van der Waals surface area (Å²) in [4.78, 5) is 10.8. The van der Waals surface area contributed by atoms with Crippen molar-refractivity contribution in [2.75, 3.05) is 0 Å². The molecule has 0 saturated carbocycles. The molecule has 0 radical (unpaired) electrons. The molecule has 0 aromatic heterocycles. The van der Waals surface area contributed by atoms with Crippen LogP contribution in [0.5, 0.6) is 0 Å². The smallest absolute Gasteiger partial charge is 0.312 e. The van der Waals surface area contributed by atoms with Crippen molar-refractivity contribution in [2.24, 2.45) is 5.92 Å². The van der Waals surface area contributed by atoms with Gasteiger partial charge in [-0.2, -0.15) is 0 Å². The summed E-state index contributed by atoms with van der Waals surface area (Å²) in [5.41, 5.74) is 1.31. The van der Waals surface area contributed by atoms with Crippen molar-refractivity contribution in [3.8, 4) is 0 Å². The van der Waals surface area contributed by atoms with E-state index in [0.29, 0.717) is 0 Å². The zero-order chi connectivity index (χ0) is 9.97. The molecule has 2 heteroatoms. The third kappa shape index (κ3) is 1.79. The number of hydrogen-bond acceptors (Lipinski definition) is 2. The van der Waals surface area contributed by atoms with E-state index in [-0.39, 0.29) is 18.0 Å². The van der Waals surface area contributed by atoms with E-state index in [0.717, 1.165) is 12.8 Å². The maximum Gasteiger partial charge on any atom is 0.312 e. The Bertz CT molecular complexity index is 318. The molecule has 0 amide bonds. The first-order chi connectivity index (χ1) is 6.77. The molecule has 1 heterocycles. The monoisotopic (exact) mass is 190 g/mol. The summed E-state index contributed by atoms with van der Waals surface area (Å²) in [5.74, 6) is 0.0433. The van der Waals surface area contributed by atoms with Crippen molar-refractivity contribution in [1.82, 2.24) is 0 Å². The fourth-order valence-electron chi connectivity index (χ4n) is 1.70. The first-order valence-corrected chi connectivity index (χ1v) is 5.02. The summed E-state index contributed by atoms with van der Waals surface area (Å²) in [6.45, 7) is 1.93. The molecular formula is C12H14O2. The Morgan fingerprint density at radius 2 is 2.00 bits per heavy atom. The van der Waals surface area contributed by atoms with Gasteiger partial charge in [-0.15, -0.1) is 0 Å². The molecule has 2 rings (SSSR count). The highest BCUT2D eigenvalue weighted by atomic mass is 16.6. The summed E-state index contributed by atoms with van der Waals surface area (Å²) in [5, 5.41) is 0. The highest BCUT2D eigenvalue weighted by molar-refractivity contribution is 5.77. The van der Waals surface area contributed by atoms with E-state index in [4.69, 9.17) is 4.74 Å². The number of cyclic esters (lactones) is 1. The maximum atomic E-state index is 10.8. The van der Waals surface area contributed by atoms with Crippen LogP contribution in [-0.2, 0) is 16.0 Å². The van der Waals surface area contributed by atoms with Gasteiger partial charge < -0.3 is 4.74 Å². The van der Waals surface area contributed by atoms with Gasteiger partial charge in [-0.25, -0.2) is 0 Å². The highest BCUT2D eigenvalue weighted by Gasteiger charge is 2.37. The van der Waals surface area contributed by atoms with Crippen LogP contribution >= 0.6 is 0 Å². The van der Waals surface area contributed by atoms with Crippen molar-refractivity contribution in [1.29, 1.82) is 0 Å². The highest BCUT2D eigenvalue weighted by Crippen LogP contribution is 2.25. The fourth-order valence-corrected chi connectivity index (χ4v) is 1.70. The minimum absolute atomic E-state index is 0.0527. The van der Waals surface area contributed by atoms with Crippen LogP contribution in [0.4, 0.5) is 0 Å². The van der Waals surface area contributed by atoms with Crippen molar-refractivity contribution in [2.45, 2.75) is 25.9 Å². The lowest BCUT2D eigenvalue weighted by molar-refractivity contribution is -0.183. The van der Waals surface area contributed by atoms with Gasteiger partial charge in [-0.05, 0) is 25.3 Å². The molecule has 0 unspecified atom stereocenters. The predicted octanol–water partition coefficient (Wildman–Crippen LogP) is 2.18. The minimum atomic E-state index is -0.0527. The fraction of sp³-hybridized carbons (Fsp3) is 0.417. The Kier molecular flexibility index (Phi) is 2.53. The van der Waals surface area contributed by atoms with Gasteiger partial charge >= 0.3 is 5.97 Å². The van der Waals surface area contributed by atoms with Crippen LogP contribution in [0.25, 0.3) is 0 Å². The van der Waals surface area contributed by atoms with Crippen LogP contribution in [0.1, 0.15) is 18.9 Å². The topological polar surface area (TPSA) is 26.3 Å². The molecule has 1 aliphatic heterocycles. The summed E-state index contributed by atoms with van der Waals surface area (Å²) < 4.78 is 5.03. The molecule has 1 aliphatic rings. The van der Waals surface area contributed by atoms with E-state index in [2.05, 4.69) is 12.1 Å². The Morgan fingerprint density at radius 1 is 1.29 bits per heavy atom. The average Bonchev–Trinajstić information content (AvgIpc) is 2.25. The van der Waals surface area contributed by atoms with Gasteiger partial charge in [-0.1, -0.05) is 30.3 Å². The number of rotatable bonds is 3. The largest absolute Gasteiger partial charge is 0.461 e. The zero-order valence-electron chi connectivity index (χ0n) is 8.27. The number of aryl methyl sites for hydroxylation is 1. The summed E-state index contributed by atoms with van der Waals surface area (Å²) in [6.07, 6.45) is 2.07. The van der Waals surface area contributed by atoms with E-state index in [9.17, 15) is 4.79 Å². The summed E-state index contributed by atoms with van der Waals surface area (Å²) in [6, 6.07) is 10.3. The van der Waals surface area contributed by atoms with Crippen LogP contribution in [0.15, 0.2) is 30.3 Å². The lowest BCUT2D eigenvalue weighted by atomic mass is 9.93. The van der Waals surface area contributed by atoms with Crippen molar-refractivity contribution >= 4 is 5.97 Å². The molecule has 14 heavy (non-hydrogen) atoms. The van der Waals surface area contributed by atoms with Gasteiger partial charge in [0, 0.05) is 0 Å². The Labute approximate surface area is 83.9 Å². The Balaban J connectivity index is 1.81. The average molecular weight is 190 g/mol. The van der Waals surface area contributed by atoms with Crippen LogP contribution in [-0.4, -0.2) is 12.1 Å². The first-order valence-electron chi connectivity index (χ1n) is 5.02. The van der Waals surface area contributed by atoms with Gasteiger partial charge in [0.2, 0.25) is 0 Å². The molecule has 0 spiro atoms. The molecule has 1 aromatic rings. The molecule has 74 valence electrons. The molecular weight excluding hydrogens is 176 g/mol. The molecule has 2 atom stereocenters. The van der Waals surface area contributed by atoms with Crippen LogP contribution in [0, 0.1) is 5.92 Å². The van der Waals surface area contributed by atoms with Gasteiger partial charge in [-0.3, -0.25) is 4.79 Å². The standard InChI is InChI=1S/C12H14O2/c1-9-11(14-12(9)13)8-7-10-5-3-2-4-6-10/h2-6,9,11H,7-8H2,1H3/t9-,11+/m0/s1. The SMILES string of the molecule is C[C@@H]1C(=O)O[C@@H]1CCc1ccccc1. The number of esters is 1. The maximum absolute atomic E-state index is 10.8. The number of carbonyl (C=O) groups excluding carboxylic acids is 1. The molecule has 0 N–H and O–H groups in total. The Hall–Kier alpha value is -1.31. The molecule has 0 bridgehead atoms. The zero-order valence-corrected chi connectivity index (χ0v) is 8.27. The second kappa shape index (κ2) is 3.82. The number of benzene rings is 1. The second-order valence-corrected chi connectivity index (χ2v) is 3.79. The van der Waals surface area contributed by atoms with Gasteiger partial charge in [0.05, 0.1) is 5.92 Å². The predicted molar refractivity (Wildman–Crippen MR) is 53.8 cm³/mol. The molecule has 0 aliphatic carbocycles. The normalized spacial score (nSPS) is 25.4. The number of carbonyl (C=O) groups is 1. The van der Waals surface area contributed by atoms with Crippen LogP contribution in [0.3, 0.4) is 0 Å². The summed E-state index contributed by atoms with van der Waals surface area (Å²) >= 11 is 0. The van der Waals surface area contributed by atoms with Crippen molar-refractivity contribution in [3.63, 3.8) is 0 Å².